The molecule has 0 aliphatic carbocycles. The van der Waals surface area contributed by atoms with Crippen LogP contribution in [0.3, 0.4) is 0 Å². The van der Waals surface area contributed by atoms with Crippen LogP contribution in [0.5, 0.6) is 0 Å². The van der Waals surface area contributed by atoms with Gasteiger partial charge in [-0.25, -0.2) is 9.37 Å². The van der Waals surface area contributed by atoms with E-state index in [-0.39, 0.29) is 5.82 Å². The van der Waals surface area contributed by atoms with Crippen molar-refractivity contribution in [2.24, 2.45) is 0 Å². The van der Waals surface area contributed by atoms with Gasteiger partial charge in [0.15, 0.2) is 5.82 Å². The first-order chi connectivity index (χ1) is 9.61. The SMILES string of the molecule is CCCNc1ncc(Br)c(N(C)c2ccc(F)cc2)n1. The van der Waals surface area contributed by atoms with E-state index in [9.17, 15) is 4.39 Å². The van der Waals surface area contributed by atoms with Gasteiger partial charge in [0.1, 0.15) is 5.82 Å². The fourth-order valence-electron chi connectivity index (χ4n) is 1.70. The zero-order chi connectivity index (χ0) is 14.5. The molecule has 1 N–H and O–H groups in total. The molecule has 6 heteroatoms. The largest absolute Gasteiger partial charge is 0.354 e. The van der Waals surface area contributed by atoms with Crippen molar-refractivity contribution in [1.29, 1.82) is 0 Å². The molecule has 1 heterocycles. The molecule has 0 bridgehead atoms. The Kier molecular flexibility index (Phi) is 4.89. The van der Waals surface area contributed by atoms with E-state index in [1.54, 1.807) is 18.3 Å². The predicted octanol–water partition coefficient (Wildman–Crippen LogP) is 3.97. The van der Waals surface area contributed by atoms with Crippen LogP contribution in [0, 0.1) is 5.82 Å². The predicted molar refractivity (Wildman–Crippen MR) is 83.0 cm³/mol. The topological polar surface area (TPSA) is 41.1 Å². The van der Waals surface area contributed by atoms with Crippen LogP contribution in [0.2, 0.25) is 0 Å². The minimum Gasteiger partial charge on any atom is -0.354 e. The van der Waals surface area contributed by atoms with Gasteiger partial charge in [0.05, 0.1) is 4.47 Å². The summed E-state index contributed by atoms with van der Waals surface area (Å²) in [4.78, 5) is 10.6. The summed E-state index contributed by atoms with van der Waals surface area (Å²) in [6.07, 6.45) is 2.71. The monoisotopic (exact) mass is 338 g/mol. The molecule has 2 aromatic rings. The normalized spacial score (nSPS) is 10.4. The molecule has 0 atom stereocenters. The van der Waals surface area contributed by atoms with Crippen LogP contribution < -0.4 is 10.2 Å². The van der Waals surface area contributed by atoms with Crippen LogP contribution in [-0.4, -0.2) is 23.6 Å². The Labute approximate surface area is 126 Å². The molecule has 1 aromatic carbocycles. The van der Waals surface area contributed by atoms with Crippen molar-refractivity contribution >= 4 is 33.4 Å². The number of anilines is 3. The number of nitrogens with one attached hydrogen (secondary N) is 1. The second-order valence-corrected chi connectivity index (χ2v) is 5.18. The minimum atomic E-state index is -0.255. The Balaban J connectivity index is 2.28. The van der Waals surface area contributed by atoms with E-state index < -0.39 is 0 Å². The van der Waals surface area contributed by atoms with E-state index >= 15 is 0 Å². The second-order valence-electron chi connectivity index (χ2n) is 4.33. The highest BCUT2D eigenvalue weighted by Gasteiger charge is 2.11. The van der Waals surface area contributed by atoms with Gasteiger partial charge in [0.2, 0.25) is 5.95 Å². The first-order valence-corrected chi connectivity index (χ1v) is 7.17. The lowest BCUT2D eigenvalue weighted by atomic mass is 10.3. The highest BCUT2D eigenvalue weighted by atomic mass is 79.9. The molecule has 0 saturated carbocycles. The Morgan fingerprint density at radius 2 is 2.00 bits per heavy atom. The average Bonchev–Trinajstić information content (AvgIpc) is 2.46. The number of hydrogen-bond acceptors (Lipinski definition) is 4. The Bertz CT molecular complexity index is 574. The summed E-state index contributed by atoms with van der Waals surface area (Å²) in [6.45, 7) is 2.90. The van der Waals surface area contributed by atoms with Crippen molar-refractivity contribution in [3.8, 4) is 0 Å². The summed E-state index contributed by atoms with van der Waals surface area (Å²) in [5.41, 5.74) is 0.854. The minimum absolute atomic E-state index is 0.255. The summed E-state index contributed by atoms with van der Waals surface area (Å²) in [5.74, 6) is 1.05. The smallest absolute Gasteiger partial charge is 0.224 e. The van der Waals surface area contributed by atoms with Gasteiger partial charge in [0.25, 0.3) is 0 Å². The van der Waals surface area contributed by atoms with Crippen molar-refractivity contribution in [3.05, 3.63) is 40.8 Å². The summed E-state index contributed by atoms with van der Waals surface area (Å²) < 4.78 is 13.8. The molecular weight excluding hydrogens is 323 g/mol. The van der Waals surface area contributed by atoms with E-state index in [1.165, 1.54) is 12.1 Å². The molecule has 20 heavy (non-hydrogen) atoms. The molecule has 0 saturated heterocycles. The highest BCUT2D eigenvalue weighted by Crippen LogP contribution is 2.29. The highest BCUT2D eigenvalue weighted by molar-refractivity contribution is 9.10. The molecule has 106 valence electrons. The van der Waals surface area contributed by atoms with Gasteiger partial charge < -0.3 is 10.2 Å². The van der Waals surface area contributed by atoms with Crippen molar-refractivity contribution < 1.29 is 4.39 Å². The number of benzene rings is 1. The maximum Gasteiger partial charge on any atom is 0.224 e. The van der Waals surface area contributed by atoms with Crippen molar-refractivity contribution in [2.45, 2.75) is 13.3 Å². The molecule has 4 nitrogen and oxygen atoms in total. The maximum absolute atomic E-state index is 13.0. The molecule has 0 aliphatic rings. The van der Waals surface area contributed by atoms with E-state index in [2.05, 4.69) is 38.1 Å². The summed E-state index contributed by atoms with van der Waals surface area (Å²) >= 11 is 3.44. The van der Waals surface area contributed by atoms with Crippen molar-refractivity contribution in [3.63, 3.8) is 0 Å². The lowest BCUT2D eigenvalue weighted by molar-refractivity contribution is 0.628. The fourth-order valence-corrected chi connectivity index (χ4v) is 2.16. The van der Waals surface area contributed by atoms with Crippen molar-refractivity contribution in [1.82, 2.24) is 9.97 Å². The van der Waals surface area contributed by atoms with E-state index in [1.807, 2.05) is 11.9 Å². The number of nitrogens with zero attached hydrogens (tertiary/aromatic N) is 3. The Hall–Kier alpha value is -1.69. The maximum atomic E-state index is 13.0. The van der Waals surface area contributed by atoms with Crippen LogP contribution in [-0.2, 0) is 0 Å². The van der Waals surface area contributed by atoms with Gasteiger partial charge in [-0.1, -0.05) is 6.92 Å². The lowest BCUT2D eigenvalue weighted by Gasteiger charge is -2.20. The molecule has 0 amide bonds. The third-order valence-corrected chi connectivity index (χ3v) is 3.35. The second kappa shape index (κ2) is 6.65. The van der Waals surface area contributed by atoms with Crippen LogP contribution in [0.4, 0.5) is 21.8 Å². The summed E-state index contributed by atoms with van der Waals surface area (Å²) in [7, 11) is 1.88. The van der Waals surface area contributed by atoms with Gasteiger partial charge in [0, 0.05) is 25.5 Å². The van der Waals surface area contributed by atoms with Gasteiger partial charge >= 0.3 is 0 Å². The molecule has 0 unspecified atom stereocenters. The lowest BCUT2D eigenvalue weighted by Crippen LogP contribution is -2.14. The average molecular weight is 339 g/mol. The Morgan fingerprint density at radius 1 is 1.30 bits per heavy atom. The Morgan fingerprint density at radius 3 is 2.65 bits per heavy atom. The van der Waals surface area contributed by atoms with Crippen molar-refractivity contribution in [2.75, 3.05) is 23.8 Å². The van der Waals surface area contributed by atoms with Gasteiger partial charge in [-0.3, -0.25) is 0 Å². The van der Waals surface area contributed by atoms with Crippen LogP contribution in [0.1, 0.15) is 13.3 Å². The zero-order valence-electron chi connectivity index (χ0n) is 11.4. The molecular formula is C14H16BrFN4. The zero-order valence-corrected chi connectivity index (χ0v) is 13.0. The summed E-state index contributed by atoms with van der Waals surface area (Å²) in [6, 6.07) is 6.28. The molecule has 0 spiro atoms. The quantitative estimate of drug-likeness (QED) is 0.895. The molecule has 1 aromatic heterocycles. The number of rotatable bonds is 5. The first kappa shape index (κ1) is 14.7. The third kappa shape index (κ3) is 3.45. The molecule has 0 fully saturated rings. The van der Waals surface area contributed by atoms with E-state index in [0.717, 1.165) is 28.9 Å². The van der Waals surface area contributed by atoms with Crippen LogP contribution in [0.15, 0.2) is 34.9 Å². The standard InChI is InChI=1S/C14H16BrFN4/c1-3-8-17-14-18-9-12(15)13(19-14)20(2)11-6-4-10(16)5-7-11/h4-7,9H,3,8H2,1-2H3,(H,17,18,19). The molecule has 0 aliphatic heterocycles. The van der Waals surface area contributed by atoms with Crippen LogP contribution in [0.25, 0.3) is 0 Å². The number of halogens is 2. The summed E-state index contributed by atoms with van der Waals surface area (Å²) in [5, 5.41) is 3.15. The third-order valence-electron chi connectivity index (χ3n) is 2.79. The van der Waals surface area contributed by atoms with E-state index in [0.29, 0.717) is 5.95 Å². The van der Waals surface area contributed by atoms with Gasteiger partial charge in [-0.05, 0) is 46.6 Å². The van der Waals surface area contributed by atoms with Crippen LogP contribution >= 0.6 is 15.9 Å². The van der Waals surface area contributed by atoms with Gasteiger partial charge in [-0.15, -0.1) is 0 Å². The van der Waals surface area contributed by atoms with Gasteiger partial charge in [-0.2, -0.15) is 4.98 Å². The number of hydrogen-bond donors (Lipinski definition) is 1. The molecule has 0 radical (unpaired) electrons. The first-order valence-electron chi connectivity index (χ1n) is 6.37. The fraction of sp³-hybridized carbons (Fsp3) is 0.286. The number of aromatic nitrogens is 2. The molecule has 2 rings (SSSR count). The van der Waals surface area contributed by atoms with E-state index in [4.69, 9.17) is 0 Å².